The van der Waals surface area contributed by atoms with Crippen molar-refractivity contribution >= 4 is 5.96 Å². The van der Waals surface area contributed by atoms with E-state index < -0.39 is 0 Å². The van der Waals surface area contributed by atoms with Crippen LogP contribution in [0.1, 0.15) is 39.2 Å². The Morgan fingerprint density at radius 2 is 1.92 bits per heavy atom. The number of hydrogen-bond donors (Lipinski definition) is 2. The van der Waals surface area contributed by atoms with Crippen molar-refractivity contribution in [1.29, 1.82) is 0 Å². The summed E-state index contributed by atoms with van der Waals surface area (Å²) in [5, 5.41) is 10.9. The van der Waals surface area contributed by atoms with Crippen molar-refractivity contribution in [2.75, 3.05) is 7.05 Å². The molecule has 1 aromatic heterocycles. The lowest BCUT2D eigenvalue weighted by molar-refractivity contribution is 0.489. The molecule has 1 heterocycles. The van der Waals surface area contributed by atoms with Crippen LogP contribution < -0.4 is 10.6 Å². The number of aliphatic imine (C=N–C) groups is 1. The Labute approximate surface area is 144 Å². The van der Waals surface area contributed by atoms with E-state index in [1.807, 2.05) is 12.1 Å². The Morgan fingerprint density at radius 3 is 2.50 bits per heavy atom. The zero-order valence-electron chi connectivity index (χ0n) is 15.0. The smallest absolute Gasteiger partial charge is 0.191 e. The average Bonchev–Trinajstić information content (AvgIpc) is 3.11. The molecule has 24 heavy (non-hydrogen) atoms. The van der Waals surface area contributed by atoms with E-state index in [2.05, 4.69) is 58.6 Å². The summed E-state index contributed by atoms with van der Waals surface area (Å²) in [5.74, 6) is 1.57. The fraction of sp³-hybridized carbons (Fsp3) is 0.500. The van der Waals surface area contributed by atoms with Crippen molar-refractivity contribution in [3.63, 3.8) is 0 Å². The molecule has 1 unspecified atom stereocenters. The molecule has 0 saturated heterocycles. The van der Waals surface area contributed by atoms with Gasteiger partial charge in [0, 0.05) is 19.6 Å². The third-order valence-corrected chi connectivity index (χ3v) is 3.86. The first-order chi connectivity index (χ1) is 11.6. The lowest BCUT2D eigenvalue weighted by Crippen LogP contribution is -2.41. The summed E-state index contributed by atoms with van der Waals surface area (Å²) < 4.78 is 1.74. The van der Waals surface area contributed by atoms with E-state index in [1.54, 1.807) is 18.1 Å². The first kappa shape index (κ1) is 18.0. The molecule has 0 aliphatic carbocycles. The highest BCUT2D eigenvalue weighted by molar-refractivity contribution is 5.79. The van der Waals surface area contributed by atoms with Gasteiger partial charge in [-0.25, -0.2) is 9.67 Å². The minimum Gasteiger partial charge on any atom is -0.354 e. The van der Waals surface area contributed by atoms with Gasteiger partial charge in [0.25, 0.3) is 0 Å². The predicted octanol–water partition coefficient (Wildman–Crippen LogP) is 2.76. The summed E-state index contributed by atoms with van der Waals surface area (Å²) in [4.78, 5) is 8.26. The highest BCUT2D eigenvalue weighted by atomic mass is 15.3. The molecular formula is C18H28N6. The summed E-state index contributed by atoms with van der Waals surface area (Å²) in [7, 11) is 1.80. The normalized spacial score (nSPS) is 13.1. The summed E-state index contributed by atoms with van der Waals surface area (Å²) in [6.45, 7) is 7.43. The maximum absolute atomic E-state index is 4.30. The van der Waals surface area contributed by atoms with Crippen LogP contribution in [-0.4, -0.2) is 33.8 Å². The maximum Gasteiger partial charge on any atom is 0.191 e. The highest BCUT2D eigenvalue weighted by Crippen LogP contribution is 2.08. The number of benzene rings is 1. The van der Waals surface area contributed by atoms with Gasteiger partial charge >= 0.3 is 0 Å². The Hall–Kier alpha value is -2.37. The van der Waals surface area contributed by atoms with Gasteiger partial charge in [0.05, 0.1) is 5.69 Å². The Balaban J connectivity index is 1.82. The molecular weight excluding hydrogens is 300 g/mol. The van der Waals surface area contributed by atoms with Gasteiger partial charge in [0.1, 0.15) is 12.7 Å². The number of aromatic nitrogens is 3. The van der Waals surface area contributed by atoms with Crippen molar-refractivity contribution < 1.29 is 0 Å². The third kappa shape index (κ3) is 5.68. The van der Waals surface area contributed by atoms with Gasteiger partial charge in [-0.2, -0.15) is 5.10 Å². The number of rotatable bonds is 7. The van der Waals surface area contributed by atoms with E-state index in [-0.39, 0.29) is 0 Å². The van der Waals surface area contributed by atoms with E-state index in [4.69, 9.17) is 0 Å². The fourth-order valence-electron chi connectivity index (χ4n) is 2.38. The molecule has 1 aromatic carbocycles. The van der Waals surface area contributed by atoms with Gasteiger partial charge in [-0.3, -0.25) is 4.99 Å². The summed E-state index contributed by atoms with van der Waals surface area (Å²) in [5.41, 5.74) is 2.19. The van der Waals surface area contributed by atoms with E-state index in [0.717, 1.165) is 30.5 Å². The van der Waals surface area contributed by atoms with Crippen molar-refractivity contribution in [3.05, 3.63) is 42.5 Å². The molecule has 0 amide bonds. The van der Waals surface area contributed by atoms with Crippen LogP contribution >= 0.6 is 0 Å². The molecule has 1 atom stereocenters. The second kappa shape index (κ2) is 9.05. The lowest BCUT2D eigenvalue weighted by atomic mass is 10.0. The fourth-order valence-corrected chi connectivity index (χ4v) is 2.38. The number of hydrogen-bond acceptors (Lipinski definition) is 3. The maximum atomic E-state index is 4.30. The van der Waals surface area contributed by atoms with Gasteiger partial charge in [-0.05, 0) is 43.4 Å². The average molecular weight is 328 g/mol. The van der Waals surface area contributed by atoms with Gasteiger partial charge in [-0.15, -0.1) is 0 Å². The second-order valence-electron chi connectivity index (χ2n) is 6.45. The van der Waals surface area contributed by atoms with Crippen LogP contribution in [0.5, 0.6) is 0 Å². The zero-order valence-corrected chi connectivity index (χ0v) is 15.0. The van der Waals surface area contributed by atoms with Crippen molar-refractivity contribution in [3.8, 4) is 5.69 Å². The number of guanidine groups is 1. The van der Waals surface area contributed by atoms with Gasteiger partial charge in [0.2, 0.25) is 0 Å². The molecule has 0 aliphatic heterocycles. The molecule has 2 rings (SSSR count). The molecule has 0 bridgehead atoms. The SMILES string of the molecule is CN=C(NCc1ccc(-n2cncn2)cc1)NC(C)CCC(C)C. The van der Waals surface area contributed by atoms with Crippen LogP contribution in [0.2, 0.25) is 0 Å². The second-order valence-corrected chi connectivity index (χ2v) is 6.45. The first-order valence-electron chi connectivity index (χ1n) is 8.49. The van der Waals surface area contributed by atoms with Crippen molar-refractivity contribution in [2.24, 2.45) is 10.9 Å². The molecule has 2 aromatic rings. The zero-order chi connectivity index (χ0) is 17.4. The minimum absolute atomic E-state index is 0.410. The summed E-state index contributed by atoms with van der Waals surface area (Å²) in [6.07, 6.45) is 5.59. The molecule has 6 nitrogen and oxygen atoms in total. The molecule has 0 aliphatic rings. The van der Waals surface area contributed by atoms with Crippen molar-refractivity contribution in [2.45, 2.75) is 46.2 Å². The van der Waals surface area contributed by atoms with Crippen LogP contribution in [0, 0.1) is 5.92 Å². The molecule has 2 N–H and O–H groups in total. The van der Waals surface area contributed by atoms with Crippen LogP contribution in [-0.2, 0) is 6.54 Å². The minimum atomic E-state index is 0.410. The van der Waals surface area contributed by atoms with E-state index >= 15 is 0 Å². The van der Waals surface area contributed by atoms with E-state index in [0.29, 0.717) is 6.04 Å². The predicted molar refractivity (Wildman–Crippen MR) is 98.2 cm³/mol. The molecule has 130 valence electrons. The summed E-state index contributed by atoms with van der Waals surface area (Å²) in [6, 6.07) is 8.65. The Bertz CT molecular complexity index is 615. The standard InChI is InChI=1S/C18H28N6/c1-14(2)5-6-15(3)23-18(19-4)21-11-16-7-9-17(10-8-16)24-13-20-12-22-24/h7-10,12-15H,5-6,11H2,1-4H3,(H2,19,21,23). The lowest BCUT2D eigenvalue weighted by Gasteiger charge is -2.18. The van der Waals surface area contributed by atoms with Gasteiger partial charge in [0.15, 0.2) is 5.96 Å². The topological polar surface area (TPSA) is 67.1 Å². The van der Waals surface area contributed by atoms with Gasteiger partial charge in [-0.1, -0.05) is 26.0 Å². The largest absolute Gasteiger partial charge is 0.354 e. The molecule has 0 radical (unpaired) electrons. The number of nitrogens with one attached hydrogen (secondary N) is 2. The molecule has 0 fully saturated rings. The molecule has 0 spiro atoms. The quantitative estimate of drug-likeness (QED) is 0.606. The van der Waals surface area contributed by atoms with Crippen molar-refractivity contribution in [1.82, 2.24) is 25.4 Å². The van der Waals surface area contributed by atoms with Crippen LogP contribution in [0.4, 0.5) is 0 Å². The van der Waals surface area contributed by atoms with Gasteiger partial charge < -0.3 is 10.6 Å². The molecule has 0 saturated carbocycles. The van der Waals surface area contributed by atoms with Crippen LogP contribution in [0.15, 0.2) is 41.9 Å². The van der Waals surface area contributed by atoms with E-state index in [9.17, 15) is 0 Å². The Kier molecular flexibility index (Phi) is 6.78. The highest BCUT2D eigenvalue weighted by Gasteiger charge is 2.06. The first-order valence-corrected chi connectivity index (χ1v) is 8.49. The third-order valence-electron chi connectivity index (χ3n) is 3.86. The van der Waals surface area contributed by atoms with Crippen LogP contribution in [0.25, 0.3) is 5.69 Å². The van der Waals surface area contributed by atoms with Crippen LogP contribution in [0.3, 0.4) is 0 Å². The van der Waals surface area contributed by atoms with E-state index in [1.165, 1.54) is 18.3 Å². The Morgan fingerprint density at radius 1 is 1.17 bits per heavy atom. The molecule has 6 heteroatoms. The monoisotopic (exact) mass is 328 g/mol. The summed E-state index contributed by atoms with van der Waals surface area (Å²) >= 11 is 0. The number of nitrogens with zero attached hydrogens (tertiary/aromatic N) is 4.